The van der Waals surface area contributed by atoms with E-state index in [0.29, 0.717) is 11.7 Å². The molecule has 0 radical (unpaired) electrons. The molecule has 2 N–H and O–H groups in total. The quantitative estimate of drug-likeness (QED) is 0.856. The van der Waals surface area contributed by atoms with E-state index in [4.69, 9.17) is 0 Å². The molecule has 0 aliphatic heterocycles. The number of benzene rings is 1. The van der Waals surface area contributed by atoms with Crippen LogP contribution in [0.4, 0.5) is 5.82 Å². The topological polar surface area (TPSA) is 57.8 Å². The number of aromatic amines is 1. The van der Waals surface area contributed by atoms with Gasteiger partial charge in [0.05, 0.1) is 0 Å². The summed E-state index contributed by atoms with van der Waals surface area (Å²) in [4.78, 5) is 19.0. The molecule has 110 valence electrons. The number of hydrogen-bond acceptors (Lipinski definition) is 3. The van der Waals surface area contributed by atoms with E-state index in [2.05, 4.69) is 46.5 Å². The lowest BCUT2D eigenvalue weighted by molar-refractivity contribution is 0.700. The molecule has 4 nitrogen and oxygen atoms in total. The van der Waals surface area contributed by atoms with Crippen LogP contribution in [0.25, 0.3) is 0 Å². The van der Waals surface area contributed by atoms with Crippen LogP contribution in [0.2, 0.25) is 0 Å². The molecule has 0 saturated heterocycles. The summed E-state index contributed by atoms with van der Waals surface area (Å²) in [5.41, 5.74) is 1.27. The van der Waals surface area contributed by atoms with E-state index in [1.54, 1.807) is 6.07 Å². The number of nitrogens with zero attached hydrogens (tertiary/aromatic N) is 1. The standard InChI is InChI=1S/C17H21N3O/c1-12(7-8-13-5-3-2-4-6-13)18-15-11-16(21)20-17(19-15)14-9-10-14/h2-6,11-12,14H,7-10H2,1H3,(H2,18,19,20,21). The Morgan fingerprint density at radius 3 is 2.81 bits per heavy atom. The molecule has 1 aliphatic carbocycles. The van der Waals surface area contributed by atoms with Crippen LogP contribution in [-0.4, -0.2) is 16.0 Å². The SMILES string of the molecule is CC(CCc1ccccc1)Nc1cc(=O)[nH]c(C2CC2)n1. The Morgan fingerprint density at radius 1 is 1.33 bits per heavy atom. The van der Waals surface area contributed by atoms with Crippen molar-refractivity contribution >= 4 is 5.82 Å². The van der Waals surface area contributed by atoms with Crippen molar-refractivity contribution < 1.29 is 0 Å². The lowest BCUT2D eigenvalue weighted by Gasteiger charge is -2.14. The molecule has 0 bridgehead atoms. The van der Waals surface area contributed by atoms with Gasteiger partial charge in [0.15, 0.2) is 0 Å². The summed E-state index contributed by atoms with van der Waals surface area (Å²) in [6, 6.07) is 12.3. The van der Waals surface area contributed by atoms with Gasteiger partial charge < -0.3 is 10.3 Å². The molecule has 0 amide bonds. The highest BCUT2D eigenvalue weighted by Crippen LogP contribution is 2.37. The van der Waals surface area contributed by atoms with E-state index < -0.39 is 0 Å². The van der Waals surface area contributed by atoms with Crippen LogP contribution in [0, 0.1) is 0 Å². The molecular formula is C17H21N3O. The minimum Gasteiger partial charge on any atom is -0.367 e. The maximum atomic E-state index is 11.7. The van der Waals surface area contributed by atoms with Crippen LogP contribution >= 0.6 is 0 Å². The van der Waals surface area contributed by atoms with E-state index >= 15 is 0 Å². The van der Waals surface area contributed by atoms with Crippen molar-refractivity contribution in [3.63, 3.8) is 0 Å². The summed E-state index contributed by atoms with van der Waals surface area (Å²) in [5.74, 6) is 1.99. The van der Waals surface area contributed by atoms with Crippen molar-refractivity contribution in [1.82, 2.24) is 9.97 Å². The zero-order valence-electron chi connectivity index (χ0n) is 12.3. The second-order valence-corrected chi connectivity index (χ2v) is 5.86. The molecule has 1 aromatic carbocycles. The monoisotopic (exact) mass is 283 g/mol. The number of nitrogens with one attached hydrogen (secondary N) is 2. The van der Waals surface area contributed by atoms with E-state index in [-0.39, 0.29) is 11.6 Å². The fraction of sp³-hybridized carbons (Fsp3) is 0.412. The smallest absolute Gasteiger partial charge is 0.252 e. The number of aryl methyl sites for hydroxylation is 1. The van der Waals surface area contributed by atoms with Gasteiger partial charge in [0.1, 0.15) is 11.6 Å². The average molecular weight is 283 g/mol. The van der Waals surface area contributed by atoms with Crippen LogP contribution < -0.4 is 10.9 Å². The molecule has 21 heavy (non-hydrogen) atoms. The van der Waals surface area contributed by atoms with Crippen molar-refractivity contribution in [2.24, 2.45) is 0 Å². The Labute approximate surface area is 124 Å². The Bertz CT molecular complexity index is 647. The third-order valence-electron chi connectivity index (χ3n) is 3.83. The van der Waals surface area contributed by atoms with Crippen LogP contribution in [0.5, 0.6) is 0 Å². The second kappa shape index (κ2) is 6.12. The highest BCUT2D eigenvalue weighted by molar-refractivity contribution is 5.35. The van der Waals surface area contributed by atoms with Gasteiger partial charge >= 0.3 is 0 Å². The lowest BCUT2D eigenvalue weighted by atomic mass is 10.1. The van der Waals surface area contributed by atoms with Gasteiger partial charge in [-0.05, 0) is 38.2 Å². The van der Waals surface area contributed by atoms with Crippen LogP contribution in [0.15, 0.2) is 41.2 Å². The first kappa shape index (κ1) is 13.9. The molecule has 0 spiro atoms. The number of aromatic nitrogens is 2. The molecule has 1 saturated carbocycles. The summed E-state index contributed by atoms with van der Waals surface area (Å²) in [6.45, 7) is 2.13. The second-order valence-electron chi connectivity index (χ2n) is 5.86. The van der Waals surface area contributed by atoms with E-state index in [1.807, 2.05) is 6.07 Å². The van der Waals surface area contributed by atoms with Crippen molar-refractivity contribution in [2.75, 3.05) is 5.32 Å². The zero-order chi connectivity index (χ0) is 14.7. The minimum atomic E-state index is -0.0651. The molecular weight excluding hydrogens is 262 g/mol. The normalized spacial score (nSPS) is 15.7. The molecule has 2 aromatic rings. The molecule has 1 fully saturated rings. The molecule has 3 rings (SSSR count). The summed E-state index contributed by atoms with van der Waals surface area (Å²) >= 11 is 0. The zero-order valence-corrected chi connectivity index (χ0v) is 12.3. The van der Waals surface area contributed by atoms with Gasteiger partial charge in [-0.3, -0.25) is 4.79 Å². The van der Waals surface area contributed by atoms with Gasteiger partial charge in [0.2, 0.25) is 0 Å². The molecule has 4 heteroatoms. The molecule has 1 heterocycles. The predicted molar refractivity (Wildman–Crippen MR) is 84.7 cm³/mol. The number of hydrogen-bond donors (Lipinski definition) is 2. The van der Waals surface area contributed by atoms with Crippen molar-refractivity contribution in [3.8, 4) is 0 Å². The van der Waals surface area contributed by atoms with Crippen LogP contribution in [-0.2, 0) is 6.42 Å². The number of rotatable bonds is 6. The highest BCUT2D eigenvalue weighted by Gasteiger charge is 2.26. The summed E-state index contributed by atoms with van der Waals surface area (Å²) < 4.78 is 0. The maximum Gasteiger partial charge on any atom is 0.252 e. The Morgan fingerprint density at radius 2 is 2.10 bits per heavy atom. The molecule has 1 unspecified atom stereocenters. The van der Waals surface area contributed by atoms with Gasteiger partial charge in [0, 0.05) is 18.0 Å². The van der Waals surface area contributed by atoms with Gasteiger partial charge in [-0.15, -0.1) is 0 Å². The molecule has 1 atom stereocenters. The van der Waals surface area contributed by atoms with E-state index in [9.17, 15) is 4.79 Å². The van der Waals surface area contributed by atoms with Crippen LogP contribution in [0.1, 0.15) is 43.5 Å². The van der Waals surface area contributed by atoms with Gasteiger partial charge in [0.25, 0.3) is 5.56 Å². The van der Waals surface area contributed by atoms with E-state index in [1.165, 1.54) is 5.56 Å². The van der Waals surface area contributed by atoms with Crippen molar-refractivity contribution in [2.45, 2.75) is 44.6 Å². The van der Waals surface area contributed by atoms with Crippen molar-refractivity contribution in [3.05, 3.63) is 58.1 Å². The van der Waals surface area contributed by atoms with Crippen LogP contribution in [0.3, 0.4) is 0 Å². The van der Waals surface area contributed by atoms with Gasteiger partial charge in [-0.25, -0.2) is 4.98 Å². The first-order valence-corrected chi connectivity index (χ1v) is 7.62. The molecule has 1 aromatic heterocycles. The first-order valence-electron chi connectivity index (χ1n) is 7.62. The maximum absolute atomic E-state index is 11.7. The van der Waals surface area contributed by atoms with Gasteiger partial charge in [-0.2, -0.15) is 0 Å². The average Bonchev–Trinajstić information content (AvgIpc) is 3.30. The van der Waals surface area contributed by atoms with Gasteiger partial charge in [-0.1, -0.05) is 30.3 Å². The largest absolute Gasteiger partial charge is 0.367 e. The minimum absolute atomic E-state index is 0.0651. The summed E-state index contributed by atoms with van der Waals surface area (Å²) in [6.07, 6.45) is 4.30. The Kier molecular flexibility index (Phi) is 4.04. The number of anilines is 1. The number of H-pyrrole nitrogens is 1. The summed E-state index contributed by atoms with van der Waals surface area (Å²) in [5, 5.41) is 3.34. The van der Waals surface area contributed by atoms with E-state index in [0.717, 1.165) is 31.5 Å². The first-order chi connectivity index (χ1) is 10.2. The Hall–Kier alpha value is -2.10. The van der Waals surface area contributed by atoms with Crippen molar-refractivity contribution in [1.29, 1.82) is 0 Å². The Balaban J connectivity index is 1.59. The lowest BCUT2D eigenvalue weighted by Crippen LogP contribution is -2.20. The third kappa shape index (κ3) is 3.94. The fourth-order valence-electron chi connectivity index (χ4n) is 2.45. The summed E-state index contributed by atoms with van der Waals surface area (Å²) in [7, 11) is 0. The third-order valence-corrected chi connectivity index (χ3v) is 3.83. The highest BCUT2D eigenvalue weighted by atomic mass is 16.1. The predicted octanol–water partition coefficient (Wildman–Crippen LogP) is 3.08. The molecule has 1 aliphatic rings. The fourth-order valence-corrected chi connectivity index (χ4v) is 2.45.